The first-order valence-electron chi connectivity index (χ1n) is 4.17. The van der Waals surface area contributed by atoms with Gasteiger partial charge in [0.25, 0.3) is 0 Å². The van der Waals surface area contributed by atoms with Crippen LogP contribution in [0.3, 0.4) is 0 Å². The Hall–Kier alpha value is -0.980. The molecule has 0 saturated carbocycles. The molecule has 0 heterocycles. The minimum Gasteiger partial charge on any atom is -0.391 e. The second-order valence-corrected chi connectivity index (χ2v) is 3.03. The van der Waals surface area contributed by atoms with Crippen molar-refractivity contribution in [3.8, 4) is 0 Å². The number of hydrogen-bond acceptors (Lipinski definition) is 5. The zero-order chi connectivity index (χ0) is 11.3. The van der Waals surface area contributed by atoms with E-state index in [0.29, 0.717) is 0 Å². The molecule has 0 spiro atoms. The van der Waals surface area contributed by atoms with E-state index >= 15 is 0 Å². The van der Waals surface area contributed by atoms with E-state index in [9.17, 15) is 14.7 Å². The minimum atomic E-state index is -1.42. The van der Waals surface area contributed by atoms with Crippen LogP contribution in [-0.4, -0.2) is 51.9 Å². The number of aliphatic hydroxyl groups excluding tert-OH is 3. The van der Waals surface area contributed by atoms with E-state index in [1.54, 1.807) is 0 Å². The molecule has 3 atom stereocenters. The third-order valence-electron chi connectivity index (χ3n) is 1.70. The quantitative estimate of drug-likeness (QED) is 0.407. The maximum Gasteiger partial charge on any atom is 0.217 e. The van der Waals surface area contributed by atoms with Gasteiger partial charge in [-0.05, 0) is 6.92 Å². The van der Waals surface area contributed by atoms with Crippen molar-refractivity contribution in [3.05, 3.63) is 0 Å². The lowest BCUT2D eigenvalue weighted by molar-refractivity contribution is -0.133. The number of nitrogens with one attached hydrogen (secondary N) is 1. The molecule has 0 aromatic carbocycles. The van der Waals surface area contributed by atoms with E-state index in [0.717, 1.165) is 0 Å². The SMILES string of the molecule is CC(=O)N[C@H](C(=O)CO)[C@@H](O)[C@@H](C)O. The van der Waals surface area contributed by atoms with E-state index < -0.39 is 36.5 Å². The molecule has 0 aromatic heterocycles. The number of carbonyl (C=O) groups is 2. The summed E-state index contributed by atoms with van der Waals surface area (Å²) in [5.74, 6) is -1.26. The highest BCUT2D eigenvalue weighted by Gasteiger charge is 2.29. The van der Waals surface area contributed by atoms with Gasteiger partial charge in [-0.15, -0.1) is 0 Å². The number of hydrogen-bond donors (Lipinski definition) is 4. The molecule has 0 saturated heterocycles. The highest BCUT2D eigenvalue weighted by molar-refractivity contribution is 5.89. The zero-order valence-electron chi connectivity index (χ0n) is 8.10. The normalized spacial score (nSPS) is 16.9. The minimum absolute atomic E-state index is 0.517. The molecule has 1 amide bonds. The summed E-state index contributed by atoms with van der Waals surface area (Å²) in [4.78, 5) is 21.7. The Labute approximate surface area is 81.5 Å². The molecule has 82 valence electrons. The summed E-state index contributed by atoms with van der Waals surface area (Å²) < 4.78 is 0. The van der Waals surface area contributed by atoms with Crippen LogP contribution in [0.2, 0.25) is 0 Å². The van der Waals surface area contributed by atoms with Crippen molar-refractivity contribution < 1.29 is 24.9 Å². The zero-order valence-corrected chi connectivity index (χ0v) is 8.10. The first kappa shape index (κ1) is 13.0. The second kappa shape index (κ2) is 5.69. The summed E-state index contributed by atoms with van der Waals surface area (Å²) in [6, 6.07) is -1.27. The van der Waals surface area contributed by atoms with Crippen molar-refractivity contribution in [3.63, 3.8) is 0 Å². The predicted molar refractivity (Wildman–Crippen MR) is 47.4 cm³/mol. The van der Waals surface area contributed by atoms with E-state index in [1.807, 2.05) is 0 Å². The Morgan fingerprint density at radius 1 is 1.36 bits per heavy atom. The number of ketones is 1. The van der Waals surface area contributed by atoms with Gasteiger partial charge < -0.3 is 20.6 Å². The first-order chi connectivity index (χ1) is 6.40. The molecule has 6 nitrogen and oxygen atoms in total. The maximum atomic E-state index is 11.1. The summed E-state index contributed by atoms with van der Waals surface area (Å²) in [6.45, 7) is 1.66. The molecule has 0 radical (unpaired) electrons. The fraction of sp³-hybridized carbons (Fsp3) is 0.750. The van der Waals surface area contributed by atoms with Crippen LogP contribution < -0.4 is 5.32 Å². The van der Waals surface area contributed by atoms with Gasteiger partial charge in [0.2, 0.25) is 5.91 Å². The van der Waals surface area contributed by atoms with Crippen molar-refractivity contribution in [2.75, 3.05) is 6.61 Å². The van der Waals surface area contributed by atoms with Crippen LogP contribution in [0.4, 0.5) is 0 Å². The smallest absolute Gasteiger partial charge is 0.217 e. The van der Waals surface area contributed by atoms with Crippen LogP contribution >= 0.6 is 0 Å². The van der Waals surface area contributed by atoms with Gasteiger partial charge in [-0.25, -0.2) is 0 Å². The summed E-state index contributed by atoms with van der Waals surface area (Å²) in [5, 5.41) is 29.1. The Balaban J connectivity index is 4.54. The Kier molecular flexibility index (Phi) is 5.29. The fourth-order valence-electron chi connectivity index (χ4n) is 0.952. The average molecular weight is 205 g/mol. The maximum absolute atomic E-state index is 11.1. The summed E-state index contributed by atoms with van der Waals surface area (Å²) in [6.07, 6.45) is -2.58. The highest BCUT2D eigenvalue weighted by Crippen LogP contribution is 2.01. The van der Waals surface area contributed by atoms with Crippen molar-refractivity contribution in [1.29, 1.82) is 0 Å². The van der Waals surface area contributed by atoms with Gasteiger partial charge in [0.15, 0.2) is 5.78 Å². The Bertz CT molecular complexity index is 216. The van der Waals surface area contributed by atoms with Crippen LogP contribution in [0.5, 0.6) is 0 Å². The average Bonchev–Trinajstić information content (AvgIpc) is 2.11. The lowest BCUT2D eigenvalue weighted by atomic mass is 10.0. The van der Waals surface area contributed by atoms with Crippen LogP contribution in [-0.2, 0) is 9.59 Å². The third kappa shape index (κ3) is 3.82. The molecule has 0 aliphatic heterocycles. The first-order valence-corrected chi connectivity index (χ1v) is 4.17. The molecule has 6 heteroatoms. The van der Waals surface area contributed by atoms with Crippen LogP contribution in [0.1, 0.15) is 13.8 Å². The number of amides is 1. The highest BCUT2D eigenvalue weighted by atomic mass is 16.3. The van der Waals surface area contributed by atoms with Gasteiger partial charge in [0.05, 0.1) is 6.10 Å². The van der Waals surface area contributed by atoms with E-state index in [-0.39, 0.29) is 0 Å². The van der Waals surface area contributed by atoms with Gasteiger partial charge >= 0.3 is 0 Å². The fourth-order valence-corrected chi connectivity index (χ4v) is 0.952. The van der Waals surface area contributed by atoms with E-state index in [2.05, 4.69) is 5.32 Å². The van der Waals surface area contributed by atoms with Crippen molar-refractivity contribution in [1.82, 2.24) is 5.32 Å². The lowest BCUT2D eigenvalue weighted by Crippen LogP contribution is -2.52. The number of aliphatic hydroxyl groups is 3. The molecular weight excluding hydrogens is 190 g/mol. The molecular formula is C8H15NO5. The molecule has 4 N–H and O–H groups in total. The molecule has 14 heavy (non-hydrogen) atoms. The Morgan fingerprint density at radius 3 is 2.14 bits per heavy atom. The topological polar surface area (TPSA) is 107 Å². The molecule has 0 fully saturated rings. The lowest BCUT2D eigenvalue weighted by Gasteiger charge is -2.23. The Morgan fingerprint density at radius 2 is 1.86 bits per heavy atom. The molecule has 0 bridgehead atoms. The molecule has 0 aliphatic carbocycles. The summed E-state index contributed by atoms with van der Waals surface area (Å²) >= 11 is 0. The second-order valence-electron chi connectivity index (χ2n) is 3.03. The molecule has 0 aromatic rings. The largest absolute Gasteiger partial charge is 0.391 e. The van der Waals surface area contributed by atoms with Crippen molar-refractivity contribution in [2.24, 2.45) is 0 Å². The summed E-state index contributed by atoms with van der Waals surface area (Å²) in [7, 11) is 0. The van der Waals surface area contributed by atoms with Crippen LogP contribution in [0, 0.1) is 0 Å². The summed E-state index contributed by atoms with van der Waals surface area (Å²) in [5.41, 5.74) is 0. The molecule has 0 rings (SSSR count). The number of carbonyl (C=O) groups excluding carboxylic acids is 2. The standard InChI is InChI=1S/C8H15NO5/c1-4(11)8(14)7(6(13)3-10)9-5(2)12/h4,7-8,10-11,14H,3H2,1-2H3,(H,9,12)/t4-,7-,8+/m1/s1. The van der Waals surface area contributed by atoms with Gasteiger partial charge in [-0.3, -0.25) is 9.59 Å². The number of Topliss-reactive ketones (excluding diaryl/α,β-unsaturated/α-hetero) is 1. The third-order valence-corrected chi connectivity index (χ3v) is 1.70. The monoisotopic (exact) mass is 205 g/mol. The van der Waals surface area contributed by atoms with Gasteiger partial charge in [-0.1, -0.05) is 0 Å². The number of rotatable bonds is 5. The molecule has 0 aliphatic rings. The van der Waals surface area contributed by atoms with Gasteiger partial charge in [0, 0.05) is 6.92 Å². The van der Waals surface area contributed by atoms with E-state index in [4.69, 9.17) is 10.2 Å². The van der Waals surface area contributed by atoms with Crippen molar-refractivity contribution >= 4 is 11.7 Å². The van der Waals surface area contributed by atoms with Gasteiger partial charge in [0.1, 0.15) is 18.8 Å². The van der Waals surface area contributed by atoms with Crippen LogP contribution in [0.25, 0.3) is 0 Å². The molecule has 0 unspecified atom stereocenters. The van der Waals surface area contributed by atoms with E-state index in [1.165, 1.54) is 13.8 Å². The predicted octanol–water partition coefficient (Wildman–Crippen LogP) is -2.21. The van der Waals surface area contributed by atoms with Crippen LogP contribution in [0.15, 0.2) is 0 Å². The van der Waals surface area contributed by atoms with Crippen molar-refractivity contribution in [2.45, 2.75) is 32.1 Å². The van der Waals surface area contributed by atoms with Gasteiger partial charge in [-0.2, -0.15) is 0 Å².